The second-order valence-corrected chi connectivity index (χ2v) is 8.14. The number of esters is 1. The highest BCUT2D eigenvalue weighted by atomic mass is 32.1. The van der Waals surface area contributed by atoms with E-state index in [0.717, 1.165) is 24.0 Å². The minimum atomic E-state index is -0.943. The van der Waals surface area contributed by atoms with E-state index in [4.69, 9.17) is 4.74 Å². The summed E-state index contributed by atoms with van der Waals surface area (Å²) in [6.07, 6.45) is 2.67. The van der Waals surface area contributed by atoms with Crippen molar-refractivity contribution >= 4 is 34.2 Å². The molecule has 0 radical (unpaired) electrons. The van der Waals surface area contributed by atoms with Crippen molar-refractivity contribution in [2.45, 2.75) is 39.5 Å². The maximum atomic E-state index is 12.9. The summed E-state index contributed by atoms with van der Waals surface area (Å²) in [6.45, 7) is 3.94. The van der Waals surface area contributed by atoms with Gasteiger partial charge >= 0.3 is 11.9 Å². The van der Waals surface area contributed by atoms with Gasteiger partial charge in [-0.15, -0.1) is 11.3 Å². The highest BCUT2D eigenvalue weighted by Crippen LogP contribution is 2.38. The summed E-state index contributed by atoms with van der Waals surface area (Å²) in [6, 6.07) is 7.76. The first-order chi connectivity index (χ1) is 13.9. The fourth-order valence-corrected chi connectivity index (χ4v) is 4.71. The number of carboxylic acids is 1. The largest absolute Gasteiger partial charge is 0.481 e. The first-order valence-electron chi connectivity index (χ1n) is 9.81. The quantitative estimate of drug-likeness (QED) is 0.666. The predicted octanol–water partition coefficient (Wildman–Crippen LogP) is 4.73. The molecule has 1 fully saturated rings. The number of aliphatic carboxylic acids is 1. The molecule has 0 saturated heterocycles. The van der Waals surface area contributed by atoms with Crippen LogP contribution in [-0.2, 0) is 14.3 Å². The molecule has 2 unspecified atom stereocenters. The fraction of sp³-hybridized carbons (Fsp3) is 0.409. The number of carbonyl (C=O) groups excluding carboxylic acids is 2. The zero-order valence-electron chi connectivity index (χ0n) is 16.6. The van der Waals surface area contributed by atoms with E-state index in [2.05, 4.69) is 5.32 Å². The molecule has 2 atom stereocenters. The van der Waals surface area contributed by atoms with Crippen molar-refractivity contribution in [2.75, 3.05) is 11.9 Å². The van der Waals surface area contributed by atoms with E-state index >= 15 is 0 Å². The highest BCUT2D eigenvalue weighted by Gasteiger charge is 2.36. The molecule has 1 saturated carbocycles. The van der Waals surface area contributed by atoms with Gasteiger partial charge in [0.05, 0.1) is 18.4 Å². The Kier molecular flexibility index (Phi) is 6.69. The zero-order chi connectivity index (χ0) is 21.0. The number of ether oxygens (including phenoxy) is 1. The van der Waals surface area contributed by atoms with E-state index in [0.29, 0.717) is 29.0 Å². The standard InChI is InChI=1S/C22H25NO5S/c1-3-28-22(27)18-17(14-10-8-13(2)9-11-14)12-29-20(18)23-19(24)15-6-4-5-7-16(15)21(25)26/h8-12,15-16H,3-7H2,1-2H3,(H,23,24)(H,25,26). The lowest BCUT2D eigenvalue weighted by atomic mass is 9.79. The summed E-state index contributed by atoms with van der Waals surface area (Å²) in [5.41, 5.74) is 2.97. The number of nitrogens with one attached hydrogen (secondary N) is 1. The number of amides is 1. The van der Waals surface area contributed by atoms with Gasteiger partial charge in [-0.1, -0.05) is 42.7 Å². The molecule has 3 rings (SSSR count). The van der Waals surface area contributed by atoms with Gasteiger partial charge in [0.25, 0.3) is 0 Å². The third kappa shape index (κ3) is 4.67. The van der Waals surface area contributed by atoms with E-state index in [1.165, 1.54) is 11.3 Å². The second kappa shape index (κ2) is 9.22. The lowest BCUT2D eigenvalue weighted by Gasteiger charge is -2.27. The molecule has 6 nitrogen and oxygen atoms in total. The minimum Gasteiger partial charge on any atom is -0.481 e. The van der Waals surface area contributed by atoms with Crippen molar-refractivity contribution in [1.29, 1.82) is 0 Å². The molecule has 1 amide bonds. The summed E-state index contributed by atoms with van der Waals surface area (Å²) in [7, 11) is 0. The Morgan fingerprint density at radius 1 is 1.14 bits per heavy atom. The predicted molar refractivity (Wildman–Crippen MR) is 112 cm³/mol. The summed E-state index contributed by atoms with van der Waals surface area (Å²) >= 11 is 1.25. The SMILES string of the molecule is CCOC(=O)c1c(-c2ccc(C)cc2)csc1NC(=O)C1CCCCC1C(=O)O. The second-order valence-electron chi connectivity index (χ2n) is 7.26. The maximum Gasteiger partial charge on any atom is 0.341 e. The molecule has 154 valence electrons. The minimum absolute atomic E-state index is 0.221. The molecule has 1 aliphatic carbocycles. The number of anilines is 1. The van der Waals surface area contributed by atoms with Crippen LogP contribution in [0.5, 0.6) is 0 Å². The van der Waals surface area contributed by atoms with Gasteiger partial charge in [-0.05, 0) is 32.3 Å². The van der Waals surface area contributed by atoms with Gasteiger partial charge in [0.2, 0.25) is 5.91 Å². The summed E-state index contributed by atoms with van der Waals surface area (Å²) in [5, 5.41) is 14.5. The van der Waals surface area contributed by atoms with Crippen molar-refractivity contribution in [2.24, 2.45) is 11.8 Å². The topological polar surface area (TPSA) is 92.7 Å². The molecular weight excluding hydrogens is 390 g/mol. The molecule has 1 aromatic heterocycles. The lowest BCUT2D eigenvalue weighted by molar-refractivity contribution is -0.147. The Balaban J connectivity index is 1.92. The Morgan fingerprint density at radius 2 is 1.79 bits per heavy atom. The van der Waals surface area contributed by atoms with Crippen LogP contribution in [-0.4, -0.2) is 29.6 Å². The van der Waals surface area contributed by atoms with Gasteiger partial charge in [-0.2, -0.15) is 0 Å². The van der Waals surface area contributed by atoms with Crippen LogP contribution in [0, 0.1) is 18.8 Å². The zero-order valence-corrected chi connectivity index (χ0v) is 17.4. The normalized spacial score (nSPS) is 18.8. The van der Waals surface area contributed by atoms with Crippen molar-refractivity contribution in [3.05, 3.63) is 40.8 Å². The van der Waals surface area contributed by atoms with Gasteiger partial charge in [0.1, 0.15) is 10.6 Å². The first kappa shape index (κ1) is 21.0. The maximum absolute atomic E-state index is 12.9. The average molecular weight is 416 g/mol. The van der Waals surface area contributed by atoms with Crippen molar-refractivity contribution in [3.8, 4) is 11.1 Å². The van der Waals surface area contributed by atoms with E-state index in [1.54, 1.807) is 6.92 Å². The van der Waals surface area contributed by atoms with Crippen molar-refractivity contribution < 1.29 is 24.2 Å². The lowest BCUT2D eigenvalue weighted by Crippen LogP contribution is -2.36. The first-order valence-corrected chi connectivity index (χ1v) is 10.7. The summed E-state index contributed by atoms with van der Waals surface area (Å²) in [4.78, 5) is 37.1. The number of carbonyl (C=O) groups is 3. The fourth-order valence-electron chi connectivity index (χ4n) is 3.75. The number of hydrogen-bond acceptors (Lipinski definition) is 5. The van der Waals surface area contributed by atoms with E-state index in [9.17, 15) is 19.5 Å². The van der Waals surface area contributed by atoms with Gasteiger partial charge in [0.15, 0.2) is 0 Å². The molecule has 2 N–H and O–H groups in total. The summed E-state index contributed by atoms with van der Waals surface area (Å²) in [5.74, 6) is -3.08. The molecule has 0 spiro atoms. The Morgan fingerprint density at radius 3 is 2.41 bits per heavy atom. The smallest absolute Gasteiger partial charge is 0.341 e. The van der Waals surface area contributed by atoms with E-state index < -0.39 is 23.8 Å². The van der Waals surface area contributed by atoms with Crippen molar-refractivity contribution in [1.82, 2.24) is 0 Å². The van der Waals surface area contributed by atoms with Crippen LogP contribution in [0.4, 0.5) is 5.00 Å². The van der Waals surface area contributed by atoms with Gasteiger partial charge in [0, 0.05) is 10.9 Å². The van der Waals surface area contributed by atoms with Gasteiger partial charge < -0.3 is 15.2 Å². The summed E-state index contributed by atoms with van der Waals surface area (Å²) < 4.78 is 5.22. The number of benzene rings is 1. The van der Waals surface area contributed by atoms with E-state index in [-0.39, 0.29) is 12.5 Å². The van der Waals surface area contributed by atoms with Crippen LogP contribution in [0.15, 0.2) is 29.6 Å². The van der Waals surface area contributed by atoms with Crippen LogP contribution >= 0.6 is 11.3 Å². The molecule has 0 aliphatic heterocycles. The Bertz CT molecular complexity index is 902. The van der Waals surface area contributed by atoms with Crippen LogP contribution in [0.25, 0.3) is 11.1 Å². The average Bonchev–Trinajstić information content (AvgIpc) is 3.12. The molecule has 29 heavy (non-hydrogen) atoms. The van der Waals surface area contributed by atoms with Crippen LogP contribution in [0.1, 0.15) is 48.5 Å². The molecule has 1 heterocycles. The number of hydrogen-bond donors (Lipinski definition) is 2. The highest BCUT2D eigenvalue weighted by molar-refractivity contribution is 7.15. The van der Waals surface area contributed by atoms with Crippen molar-refractivity contribution in [3.63, 3.8) is 0 Å². The molecular formula is C22H25NO5S. The number of aryl methyl sites for hydroxylation is 1. The molecule has 2 aromatic rings. The Labute approximate surface area is 173 Å². The Hall–Kier alpha value is -2.67. The molecule has 0 bridgehead atoms. The number of thiophene rings is 1. The molecule has 1 aliphatic rings. The monoisotopic (exact) mass is 415 g/mol. The van der Waals surface area contributed by atoms with E-state index in [1.807, 2.05) is 36.6 Å². The van der Waals surface area contributed by atoms with Gasteiger partial charge in [-0.25, -0.2) is 4.79 Å². The van der Waals surface area contributed by atoms with Crippen LogP contribution in [0.3, 0.4) is 0 Å². The number of carboxylic acid groups (broad SMARTS) is 1. The number of rotatable bonds is 6. The van der Waals surface area contributed by atoms with Crippen LogP contribution < -0.4 is 5.32 Å². The van der Waals surface area contributed by atoms with Crippen LogP contribution in [0.2, 0.25) is 0 Å². The molecule has 7 heteroatoms. The van der Waals surface area contributed by atoms with Gasteiger partial charge in [-0.3, -0.25) is 9.59 Å². The molecule has 1 aromatic carbocycles. The third-order valence-corrected chi connectivity index (χ3v) is 6.19. The third-order valence-electron chi connectivity index (χ3n) is 5.29.